The fourth-order valence-corrected chi connectivity index (χ4v) is 2.38. The fourth-order valence-electron chi connectivity index (χ4n) is 2.38. The molecule has 1 aromatic carbocycles. The Labute approximate surface area is 117 Å². The van der Waals surface area contributed by atoms with Gasteiger partial charge in [-0.1, -0.05) is 33.6 Å². The number of hydrogen-bond donors (Lipinski definition) is 1. The maximum absolute atomic E-state index is 5.88. The molecule has 0 saturated heterocycles. The Morgan fingerprint density at radius 3 is 2.42 bits per heavy atom. The van der Waals surface area contributed by atoms with Crippen molar-refractivity contribution in [2.75, 3.05) is 25.9 Å². The number of rotatable bonds is 8. The molecule has 0 aromatic heterocycles. The van der Waals surface area contributed by atoms with Crippen molar-refractivity contribution in [1.29, 1.82) is 0 Å². The Morgan fingerprint density at radius 2 is 1.89 bits per heavy atom. The Hall–Kier alpha value is -1.22. The molecule has 3 heteroatoms. The topological polar surface area (TPSA) is 38.5 Å². The summed E-state index contributed by atoms with van der Waals surface area (Å²) < 4.78 is 5.42. The van der Waals surface area contributed by atoms with E-state index < -0.39 is 0 Å². The summed E-state index contributed by atoms with van der Waals surface area (Å²) in [5, 5.41) is 0. The van der Waals surface area contributed by atoms with Crippen molar-refractivity contribution in [3.8, 4) is 5.75 Å². The number of methoxy groups -OCH3 is 1. The summed E-state index contributed by atoms with van der Waals surface area (Å²) in [6, 6.07) is 5.86. The Balaban J connectivity index is 2.77. The maximum Gasteiger partial charge on any atom is 0.123 e. The standard InChI is InChI=1S/C16H28N2O/c1-5-13(6-2)11-18(7-3)12-14-10-15(17)8-9-16(14)19-4/h8-10,13H,5-7,11-12,17H2,1-4H3. The highest BCUT2D eigenvalue weighted by Crippen LogP contribution is 2.23. The second-order valence-corrected chi connectivity index (χ2v) is 5.08. The van der Waals surface area contributed by atoms with E-state index in [2.05, 4.69) is 25.7 Å². The van der Waals surface area contributed by atoms with E-state index in [9.17, 15) is 0 Å². The van der Waals surface area contributed by atoms with Crippen LogP contribution in [0.15, 0.2) is 18.2 Å². The molecule has 0 amide bonds. The second kappa shape index (κ2) is 8.05. The monoisotopic (exact) mass is 264 g/mol. The molecule has 3 nitrogen and oxygen atoms in total. The molecule has 1 rings (SSSR count). The first kappa shape index (κ1) is 15.8. The molecule has 0 radical (unpaired) electrons. The number of anilines is 1. The largest absolute Gasteiger partial charge is 0.496 e. The van der Waals surface area contributed by atoms with Crippen LogP contribution in [0.3, 0.4) is 0 Å². The highest BCUT2D eigenvalue weighted by molar-refractivity contribution is 5.47. The minimum atomic E-state index is 0.770. The van der Waals surface area contributed by atoms with Gasteiger partial charge >= 0.3 is 0 Å². The highest BCUT2D eigenvalue weighted by atomic mass is 16.5. The van der Waals surface area contributed by atoms with E-state index in [1.54, 1.807) is 7.11 Å². The summed E-state index contributed by atoms with van der Waals surface area (Å²) in [5.74, 6) is 1.70. The van der Waals surface area contributed by atoms with Crippen LogP contribution in [0.25, 0.3) is 0 Å². The summed E-state index contributed by atoms with van der Waals surface area (Å²) in [7, 11) is 1.71. The van der Waals surface area contributed by atoms with Crippen LogP contribution < -0.4 is 10.5 Å². The molecule has 0 aliphatic carbocycles. The molecule has 108 valence electrons. The molecule has 0 aliphatic rings. The van der Waals surface area contributed by atoms with Gasteiger partial charge in [0.1, 0.15) is 5.75 Å². The van der Waals surface area contributed by atoms with Gasteiger partial charge in [0.2, 0.25) is 0 Å². The van der Waals surface area contributed by atoms with Crippen molar-refractivity contribution in [2.45, 2.75) is 40.2 Å². The summed E-state index contributed by atoms with van der Waals surface area (Å²) in [5.41, 5.74) is 7.86. The van der Waals surface area contributed by atoms with Crippen LogP contribution in [0.2, 0.25) is 0 Å². The third-order valence-corrected chi connectivity index (χ3v) is 3.82. The summed E-state index contributed by atoms with van der Waals surface area (Å²) in [6.07, 6.45) is 2.47. The van der Waals surface area contributed by atoms with Gasteiger partial charge in [-0.3, -0.25) is 4.90 Å². The number of nitrogen functional groups attached to an aromatic ring is 1. The van der Waals surface area contributed by atoms with Crippen molar-refractivity contribution < 1.29 is 4.74 Å². The van der Waals surface area contributed by atoms with E-state index in [0.29, 0.717) is 0 Å². The number of hydrogen-bond acceptors (Lipinski definition) is 3. The van der Waals surface area contributed by atoms with E-state index in [4.69, 9.17) is 10.5 Å². The lowest BCUT2D eigenvalue weighted by molar-refractivity contribution is 0.223. The zero-order valence-electron chi connectivity index (χ0n) is 12.8. The fraction of sp³-hybridized carbons (Fsp3) is 0.625. The molecular formula is C16H28N2O. The van der Waals surface area contributed by atoms with Gasteiger partial charge in [-0.25, -0.2) is 0 Å². The van der Waals surface area contributed by atoms with Crippen LogP contribution in [-0.4, -0.2) is 25.1 Å². The molecule has 1 aromatic rings. The third-order valence-electron chi connectivity index (χ3n) is 3.82. The van der Waals surface area contributed by atoms with Gasteiger partial charge in [-0.15, -0.1) is 0 Å². The summed E-state index contributed by atoms with van der Waals surface area (Å²) in [4.78, 5) is 2.47. The molecule has 0 saturated carbocycles. The molecule has 2 N–H and O–H groups in total. The average Bonchev–Trinajstić information content (AvgIpc) is 2.43. The highest BCUT2D eigenvalue weighted by Gasteiger charge is 2.13. The van der Waals surface area contributed by atoms with Gasteiger partial charge in [0.15, 0.2) is 0 Å². The van der Waals surface area contributed by atoms with Crippen molar-refractivity contribution in [3.05, 3.63) is 23.8 Å². The lowest BCUT2D eigenvalue weighted by Gasteiger charge is -2.26. The number of benzene rings is 1. The zero-order chi connectivity index (χ0) is 14.3. The van der Waals surface area contributed by atoms with E-state index in [1.165, 1.54) is 18.4 Å². The molecule has 0 unspecified atom stereocenters. The van der Waals surface area contributed by atoms with Gasteiger partial charge < -0.3 is 10.5 Å². The van der Waals surface area contributed by atoms with Crippen molar-refractivity contribution >= 4 is 5.69 Å². The van der Waals surface area contributed by atoms with Crippen LogP contribution in [0.1, 0.15) is 39.2 Å². The molecule has 0 heterocycles. The lowest BCUT2D eigenvalue weighted by atomic mass is 10.0. The van der Waals surface area contributed by atoms with Crippen molar-refractivity contribution in [2.24, 2.45) is 5.92 Å². The van der Waals surface area contributed by atoms with E-state index in [1.807, 2.05) is 18.2 Å². The minimum absolute atomic E-state index is 0.770. The summed E-state index contributed by atoms with van der Waals surface area (Å²) in [6.45, 7) is 9.84. The lowest BCUT2D eigenvalue weighted by Crippen LogP contribution is -2.29. The van der Waals surface area contributed by atoms with Gasteiger partial charge in [0.05, 0.1) is 7.11 Å². The van der Waals surface area contributed by atoms with Gasteiger partial charge in [0, 0.05) is 24.3 Å². The normalized spacial score (nSPS) is 11.3. The van der Waals surface area contributed by atoms with Crippen molar-refractivity contribution in [3.63, 3.8) is 0 Å². The molecule has 0 bridgehead atoms. The third kappa shape index (κ3) is 4.75. The molecule has 0 fully saturated rings. The van der Waals surface area contributed by atoms with Crippen LogP contribution in [0, 0.1) is 5.92 Å². The Kier molecular flexibility index (Phi) is 6.71. The van der Waals surface area contributed by atoms with Crippen LogP contribution in [0.4, 0.5) is 5.69 Å². The SMILES string of the molecule is CCC(CC)CN(CC)Cc1cc(N)ccc1OC. The molecule has 0 spiro atoms. The number of nitrogens with zero attached hydrogens (tertiary/aromatic N) is 1. The first-order chi connectivity index (χ1) is 9.14. The second-order valence-electron chi connectivity index (χ2n) is 5.08. The van der Waals surface area contributed by atoms with E-state index >= 15 is 0 Å². The summed E-state index contributed by atoms with van der Waals surface area (Å²) >= 11 is 0. The van der Waals surface area contributed by atoms with Gasteiger partial charge in [0.25, 0.3) is 0 Å². The Bertz CT molecular complexity index is 375. The first-order valence-corrected chi connectivity index (χ1v) is 7.29. The van der Waals surface area contributed by atoms with Crippen LogP contribution >= 0.6 is 0 Å². The van der Waals surface area contributed by atoms with E-state index in [-0.39, 0.29) is 0 Å². The molecular weight excluding hydrogens is 236 g/mol. The Morgan fingerprint density at radius 1 is 1.21 bits per heavy atom. The molecule has 19 heavy (non-hydrogen) atoms. The van der Waals surface area contributed by atoms with Gasteiger partial charge in [-0.05, 0) is 30.7 Å². The maximum atomic E-state index is 5.88. The van der Waals surface area contributed by atoms with Gasteiger partial charge in [-0.2, -0.15) is 0 Å². The van der Waals surface area contributed by atoms with E-state index in [0.717, 1.165) is 37.0 Å². The van der Waals surface area contributed by atoms with Crippen LogP contribution in [-0.2, 0) is 6.54 Å². The smallest absolute Gasteiger partial charge is 0.123 e. The minimum Gasteiger partial charge on any atom is -0.496 e. The number of ether oxygens (including phenoxy) is 1. The zero-order valence-corrected chi connectivity index (χ0v) is 12.8. The molecule has 0 aliphatic heterocycles. The van der Waals surface area contributed by atoms with Crippen molar-refractivity contribution in [1.82, 2.24) is 4.90 Å². The predicted octanol–water partition coefficient (Wildman–Crippen LogP) is 3.54. The predicted molar refractivity (Wildman–Crippen MR) is 82.4 cm³/mol. The van der Waals surface area contributed by atoms with Crippen LogP contribution in [0.5, 0.6) is 5.75 Å². The first-order valence-electron chi connectivity index (χ1n) is 7.29. The quantitative estimate of drug-likeness (QED) is 0.730. The molecule has 0 atom stereocenters. The number of nitrogens with two attached hydrogens (primary N) is 1. The average molecular weight is 264 g/mol.